The van der Waals surface area contributed by atoms with Crippen molar-refractivity contribution in [3.8, 4) is 0 Å². The number of carbonyl (C=O) groups is 2. The summed E-state index contributed by atoms with van der Waals surface area (Å²) in [6, 6.07) is 19.4. The highest BCUT2D eigenvalue weighted by Crippen LogP contribution is 2.13. The molecule has 0 saturated carbocycles. The number of hydrogen-bond acceptors (Lipinski definition) is 4. The number of nitrogens with zero attached hydrogens (tertiary/aromatic N) is 2. The van der Waals surface area contributed by atoms with Crippen molar-refractivity contribution in [1.82, 2.24) is 5.43 Å². The predicted molar refractivity (Wildman–Crippen MR) is 117 cm³/mol. The van der Waals surface area contributed by atoms with Crippen LogP contribution in [0.25, 0.3) is 0 Å². The molecular weight excluding hydrogens is 383 g/mol. The molecule has 0 saturated heterocycles. The Morgan fingerprint density at radius 1 is 0.833 bits per heavy atom. The summed E-state index contributed by atoms with van der Waals surface area (Å²) >= 11 is 0. The van der Waals surface area contributed by atoms with E-state index in [-0.39, 0.29) is 11.8 Å². The first kappa shape index (κ1) is 20.7. The number of amides is 2. The number of hydrogen-bond donors (Lipinski definition) is 2. The maximum atomic E-state index is 12.9. The summed E-state index contributed by atoms with van der Waals surface area (Å²) in [6.07, 6.45) is 1.56. The molecule has 2 amide bonds. The van der Waals surface area contributed by atoms with E-state index in [4.69, 9.17) is 0 Å². The fourth-order valence-electron chi connectivity index (χ4n) is 2.60. The van der Waals surface area contributed by atoms with Crippen LogP contribution < -0.4 is 15.6 Å². The van der Waals surface area contributed by atoms with Crippen LogP contribution in [0.5, 0.6) is 0 Å². The Kier molecular flexibility index (Phi) is 6.54. The molecule has 0 unspecified atom stereocenters. The van der Waals surface area contributed by atoms with E-state index in [2.05, 4.69) is 15.8 Å². The molecule has 152 valence electrons. The molecule has 0 heterocycles. The Hall–Kier alpha value is -4.00. The van der Waals surface area contributed by atoms with E-state index >= 15 is 0 Å². The van der Waals surface area contributed by atoms with Crippen molar-refractivity contribution in [3.05, 3.63) is 95.3 Å². The van der Waals surface area contributed by atoms with E-state index in [0.29, 0.717) is 16.8 Å². The number of anilines is 2. The van der Waals surface area contributed by atoms with Crippen LogP contribution in [-0.4, -0.2) is 32.1 Å². The van der Waals surface area contributed by atoms with Crippen molar-refractivity contribution in [2.75, 3.05) is 24.3 Å². The van der Waals surface area contributed by atoms with Crippen molar-refractivity contribution in [2.24, 2.45) is 5.10 Å². The molecule has 0 aliphatic carbocycles. The third-order valence-corrected chi connectivity index (χ3v) is 4.30. The summed E-state index contributed by atoms with van der Waals surface area (Å²) in [4.78, 5) is 26.3. The lowest BCUT2D eigenvalue weighted by Crippen LogP contribution is -2.18. The van der Waals surface area contributed by atoms with Crippen LogP contribution in [0.4, 0.5) is 15.8 Å². The van der Waals surface area contributed by atoms with Gasteiger partial charge in [-0.05, 0) is 66.2 Å². The van der Waals surface area contributed by atoms with E-state index in [1.165, 1.54) is 24.3 Å². The zero-order valence-corrected chi connectivity index (χ0v) is 16.6. The summed E-state index contributed by atoms with van der Waals surface area (Å²) in [5, 5.41) is 6.67. The third kappa shape index (κ3) is 5.51. The molecule has 3 aromatic carbocycles. The highest BCUT2D eigenvalue weighted by atomic mass is 19.1. The van der Waals surface area contributed by atoms with Crippen LogP contribution >= 0.6 is 0 Å². The van der Waals surface area contributed by atoms with E-state index in [0.717, 1.165) is 11.3 Å². The number of benzene rings is 3. The molecule has 6 nitrogen and oxygen atoms in total. The average Bonchev–Trinajstić information content (AvgIpc) is 2.75. The molecule has 3 aromatic rings. The molecule has 2 N–H and O–H groups in total. The Labute approximate surface area is 174 Å². The molecule has 7 heteroatoms. The maximum Gasteiger partial charge on any atom is 0.271 e. The average molecular weight is 404 g/mol. The normalized spacial score (nSPS) is 10.6. The van der Waals surface area contributed by atoms with Gasteiger partial charge < -0.3 is 10.2 Å². The summed E-state index contributed by atoms with van der Waals surface area (Å²) < 4.78 is 12.9. The molecule has 0 fully saturated rings. The van der Waals surface area contributed by atoms with E-state index < -0.39 is 5.82 Å². The lowest BCUT2D eigenvalue weighted by atomic mass is 10.1. The Morgan fingerprint density at radius 3 is 2.00 bits per heavy atom. The van der Waals surface area contributed by atoms with Gasteiger partial charge in [-0.25, -0.2) is 9.82 Å². The molecule has 0 bridgehead atoms. The summed E-state index contributed by atoms with van der Waals surface area (Å²) in [7, 11) is 3.92. The molecule has 0 radical (unpaired) electrons. The minimum atomic E-state index is -0.407. The van der Waals surface area contributed by atoms with Crippen LogP contribution in [0.15, 0.2) is 77.9 Å². The van der Waals surface area contributed by atoms with E-state index in [1.807, 2.05) is 43.3 Å². The maximum absolute atomic E-state index is 12.9. The molecule has 0 aromatic heterocycles. The van der Waals surface area contributed by atoms with Crippen molar-refractivity contribution < 1.29 is 14.0 Å². The van der Waals surface area contributed by atoms with Gasteiger partial charge in [0.15, 0.2) is 0 Å². The minimum Gasteiger partial charge on any atom is -0.378 e. The topological polar surface area (TPSA) is 73.8 Å². The second kappa shape index (κ2) is 9.47. The van der Waals surface area contributed by atoms with Gasteiger partial charge in [-0.1, -0.05) is 12.1 Å². The van der Waals surface area contributed by atoms with Crippen LogP contribution in [0, 0.1) is 5.82 Å². The van der Waals surface area contributed by atoms with Gasteiger partial charge in [-0.3, -0.25) is 9.59 Å². The van der Waals surface area contributed by atoms with Crippen LogP contribution in [0.3, 0.4) is 0 Å². The van der Waals surface area contributed by atoms with Crippen LogP contribution in [0.2, 0.25) is 0 Å². The predicted octanol–water partition coefficient (Wildman–Crippen LogP) is 3.91. The summed E-state index contributed by atoms with van der Waals surface area (Å²) in [5.74, 6) is -1.14. The lowest BCUT2D eigenvalue weighted by Gasteiger charge is -2.11. The van der Waals surface area contributed by atoms with Crippen molar-refractivity contribution in [2.45, 2.75) is 0 Å². The molecule has 0 atom stereocenters. The SMILES string of the molecule is CN(C)c1ccc(C=NNC(=O)c2ccc(NC(=O)c3ccc(F)cc3)cc2)cc1. The summed E-state index contributed by atoms with van der Waals surface area (Å²) in [6.45, 7) is 0. The van der Waals surface area contributed by atoms with E-state index in [1.54, 1.807) is 30.5 Å². The quantitative estimate of drug-likeness (QED) is 0.483. The van der Waals surface area contributed by atoms with Gasteiger partial charge >= 0.3 is 0 Å². The molecule has 0 aliphatic heterocycles. The minimum absolute atomic E-state index is 0.339. The number of halogens is 1. The van der Waals surface area contributed by atoms with Gasteiger partial charge in [-0.15, -0.1) is 0 Å². The highest BCUT2D eigenvalue weighted by molar-refractivity contribution is 6.04. The van der Waals surface area contributed by atoms with Gasteiger partial charge in [0.25, 0.3) is 11.8 Å². The zero-order chi connectivity index (χ0) is 21.5. The third-order valence-electron chi connectivity index (χ3n) is 4.30. The fourth-order valence-corrected chi connectivity index (χ4v) is 2.60. The standard InChI is InChI=1S/C23H21FN4O2/c1-28(2)21-13-3-16(4-14-21)15-25-27-23(30)18-7-11-20(12-8-18)26-22(29)17-5-9-19(24)10-6-17/h3-15H,1-2H3,(H,26,29)(H,27,30). The van der Waals surface area contributed by atoms with Crippen molar-refractivity contribution in [1.29, 1.82) is 0 Å². The van der Waals surface area contributed by atoms with Gasteiger partial charge in [0.2, 0.25) is 0 Å². The first-order valence-electron chi connectivity index (χ1n) is 9.20. The van der Waals surface area contributed by atoms with E-state index in [9.17, 15) is 14.0 Å². The zero-order valence-electron chi connectivity index (χ0n) is 16.6. The summed E-state index contributed by atoms with van der Waals surface area (Å²) in [5.41, 5.74) is 5.66. The number of nitrogens with one attached hydrogen (secondary N) is 2. The number of rotatable bonds is 6. The first-order chi connectivity index (χ1) is 14.4. The Balaban J connectivity index is 1.55. The molecular formula is C23H21FN4O2. The van der Waals surface area contributed by atoms with Crippen molar-refractivity contribution >= 4 is 29.4 Å². The molecule has 3 rings (SSSR count). The number of hydrazone groups is 1. The second-order valence-corrected chi connectivity index (χ2v) is 6.72. The fraction of sp³-hybridized carbons (Fsp3) is 0.0870. The largest absolute Gasteiger partial charge is 0.378 e. The van der Waals surface area contributed by atoms with Crippen LogP contribution in [0.1, 0.15) is 26.3 Å². The second-order valence-electron chi connectivity index (χ2n) is 6.72. The van der Waals surface area contributed by atoms with Gasteiger partial charge in [-0.2, -0.15) is 5.10 Å². The molecule has 0 spiro atoms. The van der Waals surface area contributed by atoms with Crippen LogP contribution in [-0.2, 0) is 0 Å². The Morgan fingerprint density at radius 2 is 1.40 bits per heavy atom. The molecule has 0 aliphatic rings. The monoisotopic (exact) mass is 404 g/mol. The molecule has 30 heavy (non-hydrogen) atoms. The van der Waals surface area contributed by atoms with Crippen molar-refractivity contribution in [3.63, 3.8) is 0 Å². The number of carbonyl (C=O) groups excluding carboxylic acids is 2. The first-order valence-corrected chi connectivity index (χ1v) is 9.20. The van der Waals surface area contributed by atoms with Gasteiger partial charge in [0, 0.05) is 36.6 Å². The smallest absolute Gasteiger partial charge is 0.271 e. The Bertz CT molecular complexity index is 1040. The lowest BCUT2D eigenvalue weighted by molar-refractivity contribution is 0.0954. The van der Waals surface area contributed by atoms with Gasteiger partial charge in [0.05, 0.1) is 6.21 Å². The van der Waals surface area contributed by atoms with Gasteiger partial charge in [0.1, 0.15) is 5.82 Å². The highest BCUT2D eigenvalue weighted by Gasteiger charge is 2.08.